The molecule has 0 spiro atoms. The van der Waals surface area contributed by atoms with Gasteiger partial charge in [-0.15, -0.1) is 0 Å². The monoisotopic (exact) mass is 373 g/mol. The molecule has 0 saturated carbocycles. The van der Waals surface area contributed by atoms with Crippen molar-refractivity contribution in [3.05, 3.63) is 12.0 Å². The molecule has 2 amide bonds. The molecule has 0 aromatic carbocycles. The normalized spacial score (nSPS) is 14.8. The summed E-state index contributed by atoms with van der Waals surface area (Å²) >= 11 is 0. The van der Waals surface area contributed by atoms with Gasteiger partial charge >= 0.3 is 6.03 Å². The summed E-state index contributed by atoms with van der Waals surface area (Å²) < 4.78 is 2.02. The quantitative estimate of drug-likeness (QED) is 0.731. The number of carbonyl (C=O) groups excluding carboxylic acids is 1. The van der Waals surface area contributed by atoms with Crippen LogP contribution in [0.3, 0.4) is 0 Å². The third-order valence-corrected chi connectivity index (χ3v) is 4.90. The van der Waals surface area contributed by atoms with Crippen LogP contribution in [-0.2, 0) is 13.0 Å². The third kappa shape index (κ3) is 4.31. The van der Waals surface area contributed by atoms with Gasteiger partial charge in [0.25, 0.3) is 0 Å². The molecule has 0 unspecified atom stereocenters. The predicted octanol–water partition coefficient (Wildman–Crippen LogP) is 2.60. The summed E-state index contributed by atoms with van der Waals surface area (Å²) in [6.45, 7) is 10.3. The molecule has 2 aromatic heterocycles. The summed E-state index contributed by atoms with van der Waals surface area (Å²) in [4.78, 5) is 24.6. The van der Waals surface area contributed by atoms with E-state index in [1.807, 2.05) is 16.6 Å². The molecule has 8 heteroatoms. The van der Waals surface area contributed by atoms with Gasteiger partial charge in [-0.25, -0.2) is 19.4 Å². The molecule has 1 aliphatic rings. The molecule has 2 aromatic rings. The minimum atomic E-state index is 0.0949. The Morgan fingerprint density at radius 3 is 2.70 bits per heavy atom. The van der Waals surface area contributed by atoms with E-state index in [0.717, 1.165) is 61.4 Å². The van der Waals surface area contributed by atoms with Gasteiger partial charge < -0.3 is 15.1 Å². The molecule has 1 fully saturated rings. The number of fused-ring (bicyclic) bond motifs is 1. The van der Waals surface area contributed by atoms with E-state index in [0.29, 0.717) is 19.0 Å². The molecule has 1 saturated heterocycles. The van der Waals surface area contributed by atoms with E-state index in [1.165, 1.54) is 0 Å². The van der Waals surface area contributed by atoms with Crippen molar-refractivity contribution in [3.63, 3.8) is 0 Å². The van der Waals surface area contributed by atoms with E-state index in [-0.39, 0.29) is 6.03 Å². The van der Waals surface area contributed by atoms with Gasteiger partial charge in [0, 0.05) is 39.8 Å². The Labute approximate surface area is 160 Å². The first-order valence-electron chi connectivity index (χ1n) is 9.95. The van der Waals surface area contributed by atoms with Crippen LogP contribution in [0.4, 0.5) is 10.6 Å². The second-order valence-electron chi connectivity index (χ2n) is 7.66. The highest BCUT2D eigenvalue weighted by Crippen LogP contribution is 2.25. The molecule has 3 rings (SSSR count). The average molecular weight is 374 g/mol. The third-order valence-electron chi connectivity index (χ3n) is 4.90. The fraction of sp³-hybridized carbons (Fsp3) is 0.684. The van der Waals surface area contributed by atoms with Crippen molar-refractivity contribution in [2.75, 3.05) is 38.5 Å². The van der Waals surface area contributed by atoms with E-state index in [1.54, 1.807) is 11.2 Å². The number of anilines is 1. The minimum Gasteiger partial charge on any atom is -0.368 e. The number of amides is 2. The summed E-state index contributed by atoms with van der Waals surface area (Å²) in [5.74, 6) is 1.33. The van der Waals surface area contributed by atoms with Crippen LogP contribution < -0.4 is 5.32 Å². The molecule has 27 heavy (non-hydrogen) atoms. The number of rotatable bonds is 9. The Morgan fingerprint density at radius 2 is 2.04 bits per heavy atom. The molecule has 0 radical (unpaired) electrons. The molecule has 0 bridgehead atoms. The van der Waals surface area contributed by atoms with Crippen LogP contribution in [0.2, 0.25) is 0 Å². The zero-order chi connectivity index (χ0) is 19.4. The summed E-state index contributed by atoms with van der Waals surface area (Å²) in [6.07, 6.45) is 4.69. The summed E-state index contributed by atoms with van der Waals surface area (Å²) in [5, 5.41) is 9.27. The van der Waals surface area contributed by atoms with E-state index in [4.69, 9.17) is 5.10 Å². The SMILES string of the molecule is CCCCn1nc(CC(C)C)c2c(NCCN3CCN(C)C3=O)ncnc21. The maximum absolute atomic E-state index is 12.0. The van der Waals surface area contributed by atoms with E-state index in [9.17, 15) is 4.79 Å². The van der Waals surface area contributed by atoms with Crippen LogP contribution >= 0.6 is 0 Å². The number of aromatic nitrogens is 4. The number of hydrogen-bond acceptors (Lipinski definition) is 5. The molecule has 0 atom stereocenters. The second kappa shape index (κ2) is 8.54. The number of aryl methyl sites for hydroxylation is 1. The number of urea groups is 1. The van der Waals surface area contributed by atoms with Gasteiger partial charge in [-0.05, 0) is 18.8 Å². The molecular formula is C19H31N7O. The van der Waals surface area contributed by atoms with Crippen LogP contribution in [0.5, 0.6) is 0 Å². The number of unbranched alkanes of at least 4 members (excludes halogenated alkanes) is 1. The van der Waals surface area contributed by atoms with Crippen molar-refractivity contribution >= 4 is 22.9 Å². The van der Waals surface area contributed by atoms with Crippen molar-refractivity contribution < 1.29 is 4.79 Å². The maximum atomic E-state index is 12.0. The maximum Gasteiger partial charge on any atom is 0.319 e. The van der Waals surface area contributed by atoms with E-state index < -0.39 is 0 Å². The van der Waals surface area contributed by atoms with E-state index in [2.05, 4.69) is 36.1 Å². The fourth-order valence-corrected chi connectivity index (χ4v) is 3.43. The van der Waals surface area contributed by atoms with Crippen molar-refractivity contribution in [1.29, 1.82) is 0 Å². The van der Waals surface area contributed by atoms with Gasteiger partial charge in [0.1, 0.15) is 12.1 Å². The highest BCUT2D eigenvalue weighted by molar-refractivity contribution is 5.89. The number of nitrogens with zero attached hydrogens (tertiary/aromatic N) is 6. The number of carbonyl (C=O) groups is 1. The predicted molar refractivity (Wildman–Crippen MR) is 107 cm³/mol. The Hall–Kier alpha value is -2.38. The highest BCUT2D eigenvalue weighted by Gasteiger charge is 2.24. The molecule has 8 nitrogen and oxygen atoms in total. The number of nitrogens with one attached hydrogen (secondary N) is 1. The van der Waals surface area contributed by atoms with Gasteiger partial charge in [-0.3, -0.25) is 0 Å². The largest absolute Gasteiger partial charge is 0.368 e. The van der Waals surface area contributed by atoms with Crippen molar-refractivity contribution in [3.8, 4) is 0 Å². The lowest BCUT2D eigenvalue weighted by atomic mass is 10.1. The Bertz CT molecular complexity index is 786. The van der Waals surface area contributed by atoms with Crippen molar-refractivity contribution in [2.45, 2.75) is 46.6 Å². The zero-order valence-electron chi connectivity index (χ0n) is 16.9. The Kier molecular flexibility index (Phi) is 6.13. The molecule has 3 heterocycles. The molecular weight excluding hydrogens is 342 g/mol. The van der Waals surface area contributed by atoms with Crippen molar-refractivity contribution in [2.24, 2.45) is 5.92 Å². The summed E-state index contributed by atoms with van der Waals surface area (Å²) in [6, 6.07) is 0.0949. The first kappa shape index (κ1) is 19.4. The molecule has 148 valence electrons. The van der Waals surface area contributed by atoms with Gasteiger partial charge in [0.15, 0.2) is 5.65 Å². The van der Waals surface area contributed by atoms with Gasteiger partial charge in [0.2, 0.25) is 0 Å². The fourth-order valence-electron chi connectivity index (χ4n) is 3.43. The molecule has 1 aliphatic heterocycles. The lowest BCUT2D eigenvalue weighted by Gasteiger charge is -2.16. The first-order valence-corrected chi connectivity index (χ1v) is 9.95. The average Bonchev–Trinajstić information content (AvgIpc) is 3.15. The zero-order valence-corrected chi connectivity index (χ0v) is 16.9. The van der Waals surface area contributed by atoms with Crippen LogP contribution in [0, 0.1) is 5.92 Å². The lowest BCUT2D eigenvalue weighted by Crippen LogP contribution is -2.33. The standard InChI is InChI=1S/C19H31N7O/c1-5-6-8-26-18-16(15(23-26)12-14(2)3)17(21-13-22-18)20-7-9-25-11-10-24(4)19(25)27/h13-14H,5-12H2,1-4H3,(H,20,21,22). The Morgan fingerprint density at radius 1 is 1.22 bits per heavy atom. The molecule has 0 aliphatic carbocycles. The van der Waals surface area contributed by atoms with Crippen LogP contribution in [0.15, 0.2) is 6.33 Å². The molecule has 1 N–H and O–H groups in total. The summed E-state index contributed by atoms with van der Waals surface area (Å²) in [5.41, 5.74) is 1.95. The first-order chi connectivity index (χ1) is 13.0. The van der Waals surface area contributed by atoms with Crippen LogP contribution in [0.25, 0.3) is 11.0 Å². The van der Waals surface area contributed by atoms with Gasteiger partial charge in [-0.2, -0.15) is 5.10 Å². The summed E-state index contributed by atoms with van der Waals surface area (Å²) in [7, 11) is 1.84. The number of hydrogen-bond donors (Lipinski definition) is 1. The van der Waals surface area contributed by atoms with E-state index >= 15 is 0 Å². The number of likely N-dealkylation sites (N-methyl/N-ethyl adjacent to an activating group) is 1. The Balaban J connectivity index is 1.79. The lowest BCUT2D eigenvalue weighted by molar-refractivity contribution is 0.200. The second-order valence-corrected chi connectivity index (χ2v) is 7.66. The van der Waals surface area contributed by atoms with Crippen LogP contribution in [0.1, 0.15) is 39.3 Å². The van der Waals surface area contributed by atoms with Gasteiger partial charge in [0.05, 0.1) is 11.1 Å². The van der Waals surface area contributed by atoms with Crippen molar-refractivity contribution in [1.82, 2.24) is 29.5 Å². The highest BCUT2D eigenvalue weighted by atomic mass is 16.2. The topological polar surface area (TPSA) is 79.2 Å². The van der Waals surface area contributed by atoms with Crippen LogP contribution in [-0.4, -0.2) is 68.8 Å². The minimum absolute atomic E-state index is 0.0949. The van der Waals surface area contributed by atoms with Gasteiger partial charge in [-0.1, -0.05) is 27.2 Å². The smallest absolute Gasteiger partial charge is 0.319 e.